The van der Waals surface area contributed by atoms with Gasteiger partial charge in [0.15, 0.2) is 0 Å². The van der Waals surface area contributed by atoms with Crippen LogP contribution in [0.4, 0.5) is 0 Å². The number of rotatable bonds is 4. The van der Waals surface area contributed by atoms with E-state index in [1.54, 1.807) is 0 Å². The van der Waals surface area contributed by atoms with Gasteiger partial charge in [0.25, 0.3) is 0 Å². The minimum absolute atomic E-state index is 0.826. The zero-order chi connectivity index (χ0) is 7.33. The molecule has 0 aliphatic rings. The van der Waals surface area contributed by atoms with Gasteiger partial charge in [0, 0.05) is 0 Å². The highest BCUT2D eigenvalue weighted by molar-refractivity contribution is 6.65. The zero-order valence-corrected chi connectivity index (χ0v) is 7.36. The Kier molecular flexibility index (Phi) is 4.04. The lowest BCUT2D eigenvalue weighted by Gasteiger charge is -2.20. The van der Waals surface area contributed by atoms with Crippen LogP contribution in [-0.4, -0.2) is 26.5 Å². The van der Waals surface area contributed by atoms with Crippen molar-refractivity contribution in [1.82, 2.24) is 9.96 Å². The predicted octanol–water partition coefficient (Wildman–Crippen LogP) is -0.234. The smallest absolute Gasteiger partial charge is 0.345 e. The van der Waals surface area contributed by atoms with E-state index in [1.807, 2.05) is 20.4 Å². The standard InChI is InChI=1S/C5H16N2OSi/c1-4-6-9(3,8)7-5-2/h6-8H,4-5H2,1-3H3. The SMILES string of the molecule is CCN[Si](C)(O)NCC. The molecule has 0 saturated carbocycles. The molecule has 0 bridgehead atoms. The average Bonchev–Trinajstić information content (AvgIpc) is 1.64. The molecule has 0 saturated heterocycles. The quantitative estimate of drug-likeness (QED) is 0.482. The van der Waals surface area contributed by atoms with Gasteiger partial charge in [0.1, 0.15) is 0 Å². The first-order valence-corrected chi connectivity index (χ1v) is 5.79. The second-order valence-corrected chi connectivity index (χ2v) is 4.98. The monoisotopic (exact) mass is 148 g/mol. The van der Waals surface area contributed by atoms with Crippen LogP contribution in [0.25, 0.3) is 0 Å². The molecular weight excluding hydrogens is 132 g/mol. The van der Waals surface area contributed by atoms with Gasteiger partial charge in [0.2, 0.25) is 0 Å². The van der Waals surface area contributed by atoms with Gasteiger partial charge < -0.3 is 14.8 Å². The normalized spacial score (nSPS) is 12.0. The van der Waals surface area contributed by atoms with E-state index >= 15 is 0 Å². The maximum absolute atomic E-state index is 9.43. The molecule has 3 nitrogen and oxygen atoms in total. The fourth-order valence-electron chi connectivity index (χ4n) is 0.751. The van der Waals surface area contributed by atoms with Gasteiger partial charge in [-0.2, -0.15) is 0 Å². The van der Waals surface area contributed by atoms with Crippen LogP contribution in [0.5, 0.6) is 0 Å². The minimum Gasteiger partial charge on any atom is -0.408 e. The van der Waals surface area contributed by atoms with Gasteiger partial charge in [-0.3, -0.25) is 0 Å². The molecule has 0 aromatic carbocycles. The molecular formula is C5H16N2OSi. The third-order valence-corrected chi connectivity index (χ3v) is 3.13. The Labute approximate surface area is 57.8 Å². The molecule has 0 atom stereocenters. The Morgan fingerprint density at radius 3 is 1.78 bits per heavy atom. The largest absolute Gasteiger partial charge is 0.408 e. The van der Waals surface area contributed by atoms with Crippen molar-refractivity contribution in [2.45, 2.75) is 20.4 Å². The summed E-state index contributed by atoms with van der Waals surface area (Å²) in [5.74, 6) is 0. The van der Waals surface area contributed by atoms with E-state index in [4.69, 9.17) is 0 Å². The molecule has 0 rings (SSSR count). The van der Waals surface area contributed by atoms with Crippen LogP contribution in [-0.2, 0) is 0 Å². The van der Waals surface area contributed by atoms with Crippen LogP contribution in [0.15, 0.2) is 0 Å². The van der Waals surface area contributed by atoms with Crippen molar-refractivity contribution in [2.24, 2.45) is 0 Å². The Balaban J connectivity index is 3.43. The van der Waals surface area contributed by atoms with Crippen molar-refractivity contribution in [2.75, 3.05) is 13.1 Å². The minimum atomic E-state index is -2.20. The van der Waals surface area contributed by atoms with Crippen molar-refractivity contribution < 1.29 is 4.80 Å². The van der Waals surface area contributed by atoms with Crippen molar-refractivity contribution in [3.05, 3.63) is 0 Å². The maximum Gasteiger partial charge on any atom is 0.345 e. The van der Waals surface area contributed by atoms with Crippen molar-refractivity contribution >= 4 is 8.64 Å². The van der Waals surface area contributed by atoms with E-state index in [2.05, 4.69) is 9.96 Å². The highest BCUT2D eigenvalue weighted by Gasteiger charge is 2.21. The topological polar surface area (TPSA) is 44.3 Å². The highest BCUT2D eigenvalue weighted by Crippen LogP contribution is 1.82. The Bertz CT molecular complexity index is 69.4. The molecule has 0 amide bonds. The van der Waals surface area contributed by atoms with E-state index in [1.165, 1.54) is 0 Å². The van der Waals surface area contributed by atoms with E-state index in [0.29, 0.717) is 0 Å². The lowest BCUT2D eigenvalue weighted by molar-refractivity contribution is 0.493. The molecule has 0 aromatic rings. The average molecular weight is 148 g/mol. The summed E-state index contributed by atoms with van der Waals surface area (Å²) in [6.07, 6.45) is 0. The lowest BCUT2D eigenvalue weighted by atomic mass is 10.8. The summed E-state index contributed by atoms with van der Waals surface area (Å²) in [5.41, 5.74) is 0. The predicted molar refractivity (Wildman–Crippen MR) is 41.2 cm³/mol. The molecule has 0 aliphatic carbocycles. The molecule has 0 unspecified atom stereocenters. The first kappa shape index (κ1) is 9.10. The fraction of sp³-hybridized carbons (Fsp3) is 1.00. The summed E-state index contributed by atoms with van der Waals surface area (Å²) in [4.78, 5) is 15.4. The van der Waals surface area contributed by atoms with Crippen LogP contribution in [0.3, 0.4) is 0 Å². The second kappa shape index (κ2) is 4.00. The van der Waals surface area contributed by atoms with Gasteiger partial charge in [-0.25, -0.2) is 0 Å². The summed E-state index contributed by atoms with van der Waals surface area (Å²) < 4.78 is 0. The molecule has 0 fully saturated rings. The van der Waals surface area contributed by atoms with Crippen LogP contribution in [0.2, 0.25) is 6.55 Å². The molecule has 9 heavy (non-hydrogen) atoms. The van der Waals surface area contributed by atoms with Crippen LogP contribution >= 0.6 is 0 Å². The van der Waals surface area contributed by atoms with Gasteiger partial charge in [0.05, 0.1) is 0 Å². The summed E-state index contributed by atoms with van der Waals surface area (Å²) in [5, 5.41) is 0. The molecule has 3 N–H and O–H groups in total. The molecule has 4 heteroatoms. The molecule has 0 aliphatic heterocycles. The summed E-state index contributed by atoms with van der Waals surface area (Å²) in [6.45, 7) is 7.45. The zero-order valence-electron chi connectivity index (χ0n) is 6.36. The van der Waals surface area contributed by atoms with E-state index < -0.39 is 8.64 Å². The van der Waals surface area contributed by atoms with Gasteiger partial charge in [-0.1, -0.05) is 13.8 Å². The summed E-state index contributed by atoms with van der Waals surface area (Å²) in [7, 11) is -2.20. The van der Waals surface area contributed by atoms with Crippen LogP contribution in [0.1, 0.15) is 13.8 Å². The van der Waals surface area contributed by atoms with E-state index in [-0.39, 0.29) is 0 Å². The first-order chi connectivity index (χ1) is 4.12. The molecule has 0 spiro atoms. The summed E-state index contributed by atoms with van der Waals surface area (Å²) in [6, 6.07) is 0. The van der Waals surface area contributed by atoms with E-state index in [0.717, 1.165) is 13.1 Å². The Morgan fingerprint density at radius 1 is 1.22 bits per heavy atom. The second-order valence-electron chi connectivity index (χ2n) is 2.13. The first-order valence-electron chi connectivity index (χ1n) is 3.34. The Hall–Kier alpha value is 0.0969. The van der Waals surface area contributed by atoms with Gasteiger partial charge in [-0.15, -0.1) is 0 Å². The molecule has 56 valence electrons. The number of hydrogen-bond acceptors (Lipinski definition) is 3. The Morgan fingerprint density at radius 2 is 1.56 bits per heavy atom. The fourth-order valence-corrected chi connectivity index (χ4v) is 2.25. The molecule has 0 radical (unpaired) electrons. The maximum atomic E-state index is 9.43. The molecule has 0 heterocycles. The van der Waals surface area contributed by atoms with Crippen molar-refractivity contribution in [3.8, 4) is 0 Å². The van der Waals surface area contributed by atoms with Crippen molar-refractivity contribution in [1.29, 1.82) is 0 Å². The lowest BCUT2D eigenvalue weighted by Crippen LogP contribution is -2.60. The highest BCUT2D eigenvalue weighted by atomic mass is 28.4. The number of nitrogens with one attached hydrogen (secondary N) is 2. The third-order valence-electron chi connectivity index (χ3n) is 1.04. The molecule has 0 aromatic heterocycles. The van der Waals surface area contributed by atoms with Crippen molar-refractivity contribution in [3.63, 3.8) is 0 Å². The van der Waals surface area contributed by atoms with Crippen LogP contribution < -0.4 is 9.96 Å². The van der Waals surface area contributed by atoms with Gasteiger partial charge >= 0.3 is 8.64 Å². The van der Waals surface area contributed by atoms with E-state index in [9.17, 15) is 4.80 Å². The van der Waals surface area contributed by atoms with Crippen LogP contribution in [0, 0.1) is 0 Å². The number of hydrogen-bond donors (Lipinski definition) is 3. The van der Waals surface area contributed by atoms with Gasteiger partial charge in [-0.05, 0) is 19.6 Å². The third kappa shape index (κ3) is 4.59. The summed E-state index contributed by atoms with van der Waals surface area (Å²) >= 11 is 0.